The molecule has 8 rings (SSSR count). The van der Waals surface area contributed by atoms with Crippen molar-refractivity contribution in [2.24, 2.45) is 0 Å². The molecule has 1 spiro atoms. The molecule has 2 aliphatic carbocycles. The normalized spacial score (nSPS) is 14.4. The predicted octanol–water partition coefficient (Wildman–Crippen LogP) is 13.9. The van der Waals surface area contributed by atoms with Crippen LogP contribution in [-0.4, -0.2) is 51.8 Å². The first-order valence-electron chi connectivity index (χ1n) is 26.3. The van der Waals surface area contributed by atoms with Gasteiger partial charge in [-0.25, -0.2) is 4.79 Å². The third-order valence-corrected chi connectivity index (χ3v) is 13.8. The average molecular weight is 1010 g/mol. The highest BCUT2D eigenvalue weighted by molar-refractivity contribution is 6.06. The number of rotatable bonds is 26. The van der Waals surface area contributed by atoms with Crippen LogP contribution in [0.1, 0.15) is 132 Å². The molecule has 6 aromatic carbocycles. The molecule has 1 unspecified atom stereocenters. The molecule has 12 nitrogen and oxygen atoms in total. The molecule has 1 atom stereocenters. The summed E-state index contributed by atoms with van der Waals surface area (Å²) in [5, 5.41) is 5.89. The van der Waals surface area contributed by atoms with Gasteiger partial charge in [-0.15, -0.1) is 0 Å². The van der Waals surface area contributed by atoms with Crippen molar-refractivity contribution in [3.63, 3.8) is 0 Å². The number of amides is 2. The number of fused-ring (bicyclic) bond motifs is 4. The van der Waals surface area contributed by atoms with Gasteiger partial charge in [0, 0.05) is 33.7 Å². The van der Waals surface area contributed by atoms with Crippen molar-refractivity contribution in [2.75, 3.05) is 44.7 Å². The van der Waals surface area contributed by atoms with Gasteiger partial charge in [0.15, 0.2) is 5.75 Å². The third kappa shape index (κ3) is 13.7. The monoisotopic (exact) mass is 1010 g/mol. The number of benzene rings is 6. The highest BCUT2D eigenvalue weighted by Crippen LogP contribution is 2.57. The van der Waals surface area contributed by atoms with Gasteiger partial charge in [-0.3, -0.25) is 9.59 Å². The summed E-state index contributed by atoms with van der Waals surface area (Å²) in [6.07, 6.45) is 19.2. The minimum atomic E-state index is -0.523. The molecule has 0 aromatic heterocycles. The molecule has 2 aliphatic rings. The number of nitrogens with one attached hydrogen (secondary N) is 2. The Morgan fingerprint density at radius 2 is 1.07 bits per heavy atom. The minimum Gasteiger partial charge on any atom is -0.495 e. The molecule has 12 heteroatoms. The molecular formula is C63H68N2O10. The van der Waals surface area contributed by atoms with Crippen LogP contribution in [0.4, 0.5) is 11.4 Å². The first kappa shape index (κ1) is 53.5. The standard InChI is InChI=1S/C63H68N2O10/c1-5-7-9-11-39-71-50-28-24-48(25-29-50)61(67)64-52-32-21-44(42-56(52)69-3)16-15-41-73-75-55-20-14-18-47-36-38-63(60(47)55)37-35-46-17-13-19-54(59(46)63)74-58(66)34-23-45-22-33-53(57(43-45)70-4)65-62(68)49-26-30-51(31-27-49)72-40-12-10-8-6-2/h13-34,42-43H,5-12,35-41H2,1-4H3,(H,64,67)(H,65,68). The number of esters is 1. The van der Waals surface area contributed by atoms with Crippen molar-refractivity contribution in [3.8, 4) is 34.5 Å². The van der Waals surface area contributed by atoms with E-state index in [1.54, 1.807) is 67.8 Å². The summed E-state index contributed by atoms with van der Waals surface area (Å²) in [4.78, 5) is 51.8. The topological polar surface area (TPSA) is 140 Å². The zero-order valence-corrected chi connectivity index (χ0v) is 43.5. The van der Waals surface area contributed by atoms with Crippen LogP contribution in [0.25, 0.3) is 12.2 Å². The summed E-state index contributed by atoms with van der Waals surface area (Å²) < 4.78 is 29.1. The lowest BCUT2D eigenvalue weighted by molar-refractivity contribution is -0.196. The van der Waals surface area contributed by atoms with Gasteiger partial charge in [0.05, 0.1) is 38.8 Å². The van der Waals surface area contributed by atoms with E-state index in [0.717, 1.165) is 85.1 Å². The summed E-state index contributed by atoms with van der Waals surface area (Å²) in [7, 11) is 3.10. The van der Waals surface area contributed by atoms with Crippen molar-refractivity contribution in [2.45, 2.75) is 96.3 Å². The van der Waals surface area contributed by atoms with E-state index >= 15 is 0 Å². The molecule has 0 aliphatic heterocycles. The molecule has 0 bridgehead atoms. The van der Waals surface area contributed by atoms with E-state index in [-0.39, 0.29) is 18.4 Å². The van der Waals surface area contributed by atoms with Crippen LogP contribution in [0.5, 0.6) is 34.5 Å². The molecule has 0 radical (unpaired) electrons. The highest BCUT2D eigenvalue weighted by Gasteiger charge is 2.49. The Kier molecular flexibility index (Phi) is 18.8. The van der Waals surface area contributed by atoms with Crippen molar-refractivity contribution in [1.29, 1.82) is 0 Å². The van der Waals surface area contributed by atoms with Crippen molar-refractivity contribution >= 4 is 41.3 Å². The van der Waals surface area contributed by atoms with Gasteiger partial charge in [-0.05, 0) is 152 Å². The smallest absolute Gasteiger partial charge is 0.336 e. The van der Waals surface area contributed by atoms with E-state index in [0.29, 0.717) is 64.3 Å². The predicted molar refractivity (Wildman–Crippen MR) is 295 cm³/mol. The quantitative estimate of drug-likeness (QED) is 0.0135. The number of carbonyl (C=O) groups is 3. The van der Waals surface area contributed by atoms with E-state index < -0.39 is 11.4 Å². The lowest BCUT2D eigenvalue weighted by Gasteiger charge is -2.29. The molecule has 75 heavy (non-hydrogen) atoms. The molecule has 0 heterocycles. The van der Waals surface area contributed by atoms with Crippen LogP contribution in [0, 0.1) is 0 Å². The second-order valence-corrected chi connectivity index (χ2v) is 18.9. The van der Waals surface area contributed by atoms with Crippen molar-refractivity contribution in [3.05, 3.63) is 178 Å². The lowest BCUT2D eigenvalue weighted by atomic mass is 9.76. The molecular weight excluding hydrogens is 945 g/mol. The first-order valence-corrected chi connectivity index (χ1v) is 26.3. The number of hydrogen-bond donors (Lipinski definition) is 2. The fourth-order valence-corrected chi connectivity index (χ4v) is 9.95. The zero-order valence-electron chi connectivity index (χ0n) is 43.5. The van der Waals surface area contributed by atoms with Gasteiger partial charge in [0.1, 0.15) is 35.4 Å². The van der Waals surface area contributed by atoms with Crippen molar-refractivity contribution < 1.29 is 47.8 Å². The fraction of sp³-hybridized carbons (Fsp3) is 0.317. The second kappa shape index (κ2) is 26.4. The Labute approximate surface area is 440 Å². The number of ether oxygens (including phenoxy) is 5. The van der Waals surface area contributed by atoms with Gasteiger partial charge in [-0.2, -0.15) is 4.89 Å². The SMILES string of the molecule is CCCCCCOc1ccc(C(=O)Nc2ccc(C=CCOOc3cccc4c3C3(CC4)CCc4cccc(OC(=O)C=Cc5ccc(NC(=O)c6ccc(OCCCCCC)cc6)c(OC)c5)c43)cc2OC)cc1. The zero-order chi connectivity index (χ0) is 52.4. The maximum Gasteiger partial charge on any atom is 0.336 e. The average Bonchev–Trinajstić information content (AvgIpc) is 4.02. The Morgan fingerprint density at radius 3 is 1.59 bits per heavy atom. The van der Waals surface area contributed by atoms with E-state index in [2.05, 4.69) is 36.6 Å². The number of aryl methyl sites for hydroxylation is 2. The molecule has 390 valence electrons. The maximum atomic E-state index is 13.6. The van der Waals surface area contributed by atoms with Gasteiger partial charge < -0.3 is 39.2 Å². The number of anilines is 2. The van der Waals surface area contributed by atoms with Crippen LogP contribution in [0.2, 0.25) is 0 Å². The molecule has 0 fully saturated rings. The Hall–Kier alpha value is -7.83. The van der Waals surface area contributed by atoms with Crippen LogP contribution < -0.4 is 39.2 Å². The number of carbonyl (C=O) groups excluding carboxylic acids is 3. The van der Waals surface area contributed by atoms with E-state index in [1.807, 2.05) is 66.7 Å². The van der Waals surface area contributed by atoms with Gasteiger partial charge in [-0.1, -0.05) is 101 Å². The van der Waals surface area contributed by atoms with Gasteiger partial charge >= 0.3 is 5.97 Å². The second-order valence-electron chi connectivity index (χ2n) is 18.9. The number of unbranched alkanes of at least 4 members (excludes halogenated alkanes) is 6. The number of hydrogen-bond acceptors (Lipinski definition) is 10. The largest absolute Gasteiger partial charge is 0.495 e. The highest BCUT2D eigenvalue weighted by atomic mass is 17.2. The van der Waals surface area contributed by atoms with E-state index in [9.17, 15) is 14.4 Å². The molecule has 6 aromatic rings. The Balaban J connectivity index is 0.860. The van der Waals surface area contributed by atoms with Crippen LogP contribution >= 0.6 is 0 Å². The molecule has 0 saturated heterocycles. The van der Waals surface area contributed by atoms with E-state index in [4.69, 9.17) is 33.5 Å². The molecule has 2 N–H and O–H groups in total. The van der Waals surface area contributed by atoms with Crippen LogP contribution in [0.3, 0.4) is 0 Å². The Morgan fingerprint density at radius 1 is 0.560 bits per heavy atom. The number of methoxy groups -OCH3 is 2. The molecule has 2 amide bonds. The fourth-order valence-electron chi connectivity index (χ4n) is 9.95. The minimum absolute atomic E-state index is 0.162. The third-order valence-electron chi connectivity index (χ3n) is 13.8. The first-order chi connectivity index (χ1) is 36.7. The maximum absolute atomic E-state index is 13.6. The molecule has 0 saturated carbocycles. The van der Waals surface area contributed by atoms with Crippen LogP contribution in [-0.2, 0) is 27.9 Å². The summed E-state index contributed by atoms with van der Waals surface area (Å²) in [5.74, 6) is 2.52. The lowest BCUT2D eigenvalue weighted by Crippen LogP contribution is -2.24. The van der Waals surface area contributed by atoms with Gasteiger partial charge in [0.25, 0.3) is 11.8 Å². The van der Waals surface area contributed by atoms with Crippen LogP contribution in [0.15, 0.2) is 133 Å². The summed E-state index contributed by atoms with van der Waals surface area (Å²) >= 11 is 0. The van der Waals surface area contributed by atoms with E-state index in [1.165, 1.54) is 44.4 Å². The van der Waals surface area contributed by atoms with Gasteiger partial charge in [0.2, 0.25) is 0 Å². The summed E-state index contributed by atoms with van der Waals surface area (Å²) in [5.41, 5.74) is 7.51. The summed E-state index contributed by atoms with van der Waals surface area (Å²) in [6.45, 7) is 5.83. The summed E-state index contributed by atoms with van der Waals surface area (Å²) in [6, 6.07) is 37.0. The Bertz CT molecular complexity index is 2960. The van der Waals surface area contributed by atoms with Crippen molar-refractivity contribution in [1.82, 2.24) is 0 Å².